The molecule has 1 aromatic rings. The van der Waals surface area contributed by atoms with Gasteiger partial charge in [0, 0.05) is 32.9 Å². The van der Waals surface area contributed by atoms with Crippen LogP contribution in [0.3, 0.4) is 0 Å². The van der Waals surface area contributed by atoms with Crippen LogP contribution in [0.1, 0.15) is 18.6 Å². The van der Waals surface area contributed by atoms with Crippen LogP contribution in [0.4, 0.5) is 5.82 Å². The Labute approximate surface area is 102 Å². The first-order chi connectivity index (χ1) is 7.93. The van der Waals surface area contributed by atoms with Crippen LogP contribution in [0.15, 0.2) is 18.3 Å². The van der Waals surface area contributed by atoms with Crippen molar-refractivity contribution >= 4 is 11.7 Å². The van der Waals surface area contributed by atoms with Crippen molar-refractivity contribution in [3.8, 4) is 0 Å². The molecule has 1 heterocycles. The van der Waals surface area contributed by atoms with Gasteiger partial charge in [0.15, 0.2) is 0 Å². The number of carbonyl (C=O) groups is 1. The second kappa shape index (κ2) is 5.63. The number of rotatable bonds is 4. The van der Waals surface area contributed by atoms with Gasteiger partial charge in [0.25, 0.3) is 0 Å². The first-order valence-corrected chi connectivity index (χ1v) is 5.47. The van der Waals surface area contributed by atoms with Crippen molar-refractivity contribution in [2.45, 2.75) is 13.0 Å². The standard InChI is InChI=1S/C12H19N3O2/c1-9(16)10-6-5-7-13-12(10)15(4)8-11(17)14(2)3/h5-7,9,16H,8H2,1-4H3. The van der Waals surface area contributed by atoms with Crippen molar-refractivity contribution in [3.05, 3.63) is 23.9 Å². The maximum atomic E-state index is 11.6. The minimum Gasteiger partial charge on any atom is -0.389 e. The molecule has 1 atom stereocenters. The molecule has 1 aromatic heterocycles. The summed E-state index contributed by atoms with van der Waals surface area (Å²) >= 11 is 0. The van der Waals surface area contributed by atoms with E-state index in [1.807, 2.05) is 6.07 Å². The van der Waals surface area contributed by atoms with Crippen LogP contribution in [0.5, 0.6) is 0 Å². The fourth-order valence-electron chi connectivity index (χ4n) is 1.47. The van der Waals surface area contributed by atoms with Crippen LogP contribution in [0.2, 0.25) is 0 Å². The molecule has 0 bridgehead atoms. The van der Waals surface area contributed by atoms with Crippen molar-refractivity contribution in [1.82, 2.24) is 9.88 Å². The van der Waals surface area contributed by atoms with E-state index in [9.17, 15) is 9.90 Å². The van der Waals surface area contributed by atoms with Crippen LogP contribution < -0.4 is 4.90 Å². The Hall–Kier alpha value is -1.62. The Morgan fingerprint density at radius 2 is 2.12 bits per heavy atom. The summed E-state index contributed by atoms with van der Waals surface area (Å²) < 4.78 is 0. The second-order valence-electron chi connectivity index (χ2n) is 4.24. The number of anilines is 1. The number of hydrogen-bond donors (Lipinski definition) is 1. The number of hydrogen-bond acceptors (Lipinski definition) is 4. The molecule has 0 saturated carbocycles. The molecule has 17 heavy (non-hydrogen) atoms. The predicted molar refractivity (Wildman–Crippen MR) is 66.8 cm³/mol. The quantitative estimate of drug-likeness (QED) is 0.835. The average molecular weight is 237 g/mol. The molecule has 0 radical (unpaired) electrons. The van der Waals surface area contributed by atoms with Crippen LogP contribution in [0.25, 0.3) is 0 Å². The lowest BCUT2D eigenvalue weighted by molar-refractivity contribution is -0.127. The highest BCUT2D eigenvalue weighted by Crippen LogP contribution is 2.22. The molecule has 1 rings (SSSR count). The Kier molecular flexibility index (Phi) is 4.45. The van der Waals surface area contributed by atoms with Crippen molar-refractivity contribution in [2.75, 3.05) is 32.6 Å². The molecular weight excluding hydrogens is 218 g/mol. The Balaban J connectivity index is 2.88. The summed E-state index contributed by atoms with van der Waals surface area (Å²) in [6.07, 6.45) is 1.05. The smallest absolute Gasteiger partial charge is 0.241 e. The first kappa shape index (κ1) is 13.4. The van der Waals surface area contributed by atoms with Crippen LogP contribution >= 0.6 is 0 Å². The molecule has 0 saturated heterocycles. The van der Waals surface area contributed by atoms with Gasteiger partial charge in [-0.05, 0) is 13.0 Å². The van der Waals surface area contributed by atoms with Gasteiger partial charge in [-0.1, -0.05) is 6.07 Å². The zero-order chi connectivity index (χ0) is 13.0. The number of amides is 1. The molecule has 0 aromatic carbocycles. The van der Waals surface area contributed by atoms with Crippen LogP contribution in [-0.4, -0.2) is 48.6 Å². The third kappa shape index (κ3) is 3.42. The van der Waals surface area contributed by atoms with Gasteiger partial charge in [-0.2, -0.15) is 0 Å². The van der Waals surface area contributed by atoms with Gasteiger partial charge in [0.2, 0.25) is 5.91 Å². The number of aliphatic hydroxyl groups excluding tert-OH is 1. The number of aromatic nitrogens is 1. The number of likely N-dealkylation sites (N-methyl/N-ethyl adjacent to an activating group) is 2. The third-order valence-corrected chi connectivity index (χ3v) is 2.50. The van der Waals surface area contributed by atoms with E-state index in [1.54, 1.807) is 45.2 Å². The SMILES string of the molecule is CC(O)c1cccnc1N(C)CC(=O)N(C)C. The van der Waals surface area contributed by atoms with Gasteiger partial charge < -0.3 is 14.9 Å². The van der Waals surface area contributed by atoms with E-state index in [0.717, 1.165) is 5.56 Å². The van der Waals surface area contributed by atoms with Gasteiger partial charge >= 0.3 is 0 Å². The second-order valence-corrected chi connectivity index (χ2v) is 4.24. The van der Waals surface area contributed by atoms with Gasteiger partial charge in [0.1, 0.15) is 5.82 Å². The average Bonchev–Trinajstić information content (AvgIpc) is 2.28. The Morgan fingerprint density at radius 1 is 1.47 bits per heavy atom. The van der Waals surface area contributed by atoms with Gasteiger partial charge in [-0.15, -0.1) is 0 Å². The number of carbonyl (C=O) groups excluding carboxylic acids is 1. The summed E-state index contributed by atoms with van der Waals surface area (Å²) in [5, 5.41) is 9.63. The van der Waals surface area contributed by atoms with E-state index < -0.39 is 6.10 Å². The molecule has 5 nitrogen and oxygen atoms in total. The van der Waals surface area contributed by atoms with Crippen LogP contribution in [0, 0.1) is 0 Å². The Morgan fingerprint density at radius 3 is 2.65 bits per heavy atom. The topological polar surface area (TPSA) is 56.7 Å². The molecule has 5 heteroatoms. The zero-order valence-corrected chi connectivity index (χ0v) is 10.7. The lowest BCUT2D eigenvalue weighted by Crippen LogP contribution is -2.35. The number of pyridine rings is 1. The van der Waals surface area contributed by atoms with E-state index in [0.29, 0.717) is 5.82 Å². The Bertz CT molecular complexity index is 391. The van der Waals surface area contributed by atoms with Crippen LogP contribution in [-0.2, 0) is 4.79 Å². The summed E-state index contributed by atoms with van der Waals surface area (Å²) in [4.78, 5) is 19.1. The minimum atomic E-state index is -0.601. The lowest BCUT2D eigenvalue weighted by Gasteiger charge is -2.23. The van der Waals surface area contributed by atoms with Gasteiger partial charge in [-0.3, -0.25) is 4.79 Å². The highest BCUT2D eigenvalue weighted by Gasteiger charge is 2.15. The fourth-order valence-corrected chi connectivity index (χ4v) is 1.47. The monoisotopic (exact) mass is 237 g/mol. The summed E-state index contributed by atoms with van der Waals surface area (Å²) in [5.41, 5.74) is 0.724. The van der Waals surface area contributed by atoms with E-state index in [1.165, 1.54) is 4.90 Å². The third-order valence-electron chi connectivity index (χ3n) is 2.50. The highest BCUT2D eigenvalue weighted by molar-refractivity contribution is 5.80. The summed E-state index contributed by atoms with van der Waals surface area (Å²) in [6.45, 7) is 1.92. The number of aliphatic hydroxyl groups is 1. The molecular formula is C12H19N3O2. The highest BCUT2D eigenvalue weighted by atomic mass is 16.3. The van der Waals surface area contributed by atoms with Crippen molar-refractivity contribution < 1.29 is 9.90 Å². The molecule has 0 aliphatic heterocycles. The summed E-state index contributed by atoms with van der Waals surface area (Å²) in [5.74, 6) is 0.632. The summed E-state index contributed by atoms with van der Waals surface area (Å²) in [7, 11) is 5.21. The van der Waals surface area contributed by atoms with E-state index in [2.05, 4.69) is 4.98 Å². The van der Waals surface area contributed by atoms with Crippen molar-refractivity contribution in [3.63, 3.8) is 0 Å². The van der Waals surface area contributed by atoms with Crippen molar-refractivity contribution in [2.24, 2.45) is 0 Å². The minimum absolute atomic E-state index is 0.00491. The maximum absolute atomic E-state index is 11.6. The normalized spacial score (nSPS) is 12.1. The van der Waals surface area contributed by atoms with E-state index >= 15 is 0 Å². The molecule has 0 aliphatic carbocycles. The number of nitrogens with zero attached hydrogens (tertiary/aromatic N) is 3. The van der Waals surface area contributed by atoms with E-state index in [4.69, 9.17) is 0 Å². The molecule has 1 amide bonds. The lowest BCUT2D eigenvalue weighted by atomic mass is 10.1. The molecule has 0 aliphatic rings. The molecule has 0 spiro atoms. The maximum Gasteiger partial charge on any atom is 0.241 e. The van der Waals surface area contributed by atoms with Crippen molar-refractivity contribution in [1.29, 1.82) is 0 Å². The van der Waals surface area contributed by atoms with Gasteiger partial charge in [-0.25, -0.2) is 4.98 Å². The first-order valence-electron chi connectivity index (χ1n) is 5.47. The van der Waals surface area contributed by atoms with Gasteiger partial charge in [0.05, 0.1) is 12.6 Å². The largest absolute Gasteiger partial charge is 0.389 e. The summed E-state index contributed by atoms with van der Waals surface area (Å²) in [6, 6.07) is 3.58. The molecule has 0 fully saturated rings. The fraction of sp³-hybridized carbons (Fsp3) is 0.500. The predicted octanol–water partition coefficient (Wildman–Crippen LogP) is 0.659. The van der Waals surface area contributed by atoms with E-state index in [-0.39, 0.29) is 12.5 Å². The molecule has 94 valence electrons. The zero-order valence-electron chi connectivity index (χ0n) is 10.7. The molecule has 1 N–H and O–H groups in total. The molecule has 1 unspecified atom stereocenters.